The van der Waals surface area contributed by atoms with Crippen molar-refractivity contribution in [1.82, 2.24) is 5.32 Å². The molecule has 1 fully saturated rings. The maximum absolute atomic E-state index is 12.1. The molecule has 9 heteroatoms. The monoisotopic (exact) mass is 386 g/mol. The average Bonchev–Trinajstić information content (AvgIpc) is 2.85. The minimum Gasteiger partial charge on any atom is -0.347 e. The summed E-state index contributed by atoms with van der Waals surface area (Å²) in [5.41, 5.74) is 0.758. The number of sulfone groups is 1. The van der Waals surface area contributed by atoms with Crippen LogP contribution in [0.15, 0.2) is 29.2 Å². The first kappa shape index (κ1) is 19.7. The lowest BCUT2D eigenvalue weighted by Crippen LogP contribution is -3.11. The Kier molecular flexibility index (Phi) is 6.86. The van der Waals surface area contributed by atoms with Gasteiger partial charge in [0.2, 0.25) is 0 Å². The zero-order valence-corrected chi connectivity index (χ0v) is 16.0. The van der Waals surface area contributed by atoms with E-state index in [0.717, 1.165) is 15.5 Å². The Labute approximate surface area is 152 Å². The van der Waals surface area contributed by atoms with Gasteiger partial charge in [-0.2, -0.15) is 0 Å². The van der Waals surface area contributed by atoms with Gasteiger partial charge < -0.3 is 15.5 Å². The maximum Gasteiger partial charge on any atom is 0.279 e. The van der Waals surface area contributed by atoms with Gasteiger partial charge in [-0.1, -0.05) is 12.1 Å². The second-order valence-electron chi connectivity index (χ2n) is 6.23. The summed E-state index contributed by atoms with van der Waals surface area (Å²) in [7, 11) is -1.26. The summed E-state index contributed by atoms with van der Waals surface area (Å²) in [6.07, 6.45) is 2.40. The van der Waals surface area contributed by atoms with Crippen LogP contribution >= 0.6 is 11.8 Å². The first-order chi connectivity index (χ1) is 11.8. The smallest absolute Gasteiger partial charge is 0.279 e. The highest BCUT2D eigenvalue weighted by Crippen LogP contribution is 2.24. The van der Waals surface area contributed by atoms with Crippen LogP contribution in [0.2, 0.25) is 0 Å². The van der Waals surface area contributed by atoms with Gasteiger partial charge in [0.05, 0.1) is 24.2 Å². The molecule has 1 saturated heterocycles. The predicted octanol–water partition coefficient (Wildman–Crippen LogP) is -0.835. The molecule has 1 aromatic carbocycles. The molecule has 0 spiro atoms. The highest BCUT2D eigenvalue weighted by molar-refractivity contribution is 7.98. The molecule has 1 aromatic rings. The Balaban J connectivity index is 1.78. The summed E-state index contributed by atoms with van der Waals surface area (Å²) in [6, 6.07) is 7.22. The van der Waals surface area contributed by atoms with Crippen LogP contribution in [0.1, 0.15) is 6.42 Å². The maximum atomic E-state index is 12.1. The van der Waals surface area contributed by atoms with Gasteiger partial charge in [-0.25, -0.2) is 8.42 Å². The number of quaternary nitrogens is 1. The lowest BCUT2D eigenvalue weighted by Gasteiger charge is -2.16. The number of hydrogen-bond acceptors (Lipinski definition) is 5. The Morgan fingerprint density at radius 2 is 1.92 bits per heavy atom. The van der Waals surface area contributed by atoms with Gasteiger partial charge in [-0.3, -0.25) is 9.59 Å². The Hall–Kier alpha value is -1.58. The minimum atomic E-state index is -3.02. The standard InChI is InChI=1S/C16H23N3O4S2/c1-19(9-15(20)17-12-7-8-25(22,23)11-12)10-16(21)18-13-5-3-4-6-14(13)24-2/h3-6,12H,7-11H2,1-2H3,(H,17,20)(H,18,21)/p+1/t12-/m1/s1. The Morgan fingerprint density at radius 3 is 2.56 bits per heavy atom. The lowest BCUT2D eigenvalue weighted by atomic mass is 10.2. The van der Waals surface area contributed by atoms with Crippen molar-refractivity contribution in [3.8, 4) is 0 Å². The van der Waals surface area contributed by atoms with E-state index in [1.165, 1.54) is 0 Å². The van der Waals surface area contributed by atoms with Crippen molar-refractivity contribution in [2.45, 2.75) is 17.4 Å². The van der Waals surface area contributed by atoms with Crippen molar-refractivity contribution in [3.05, 3.63) is 24.3 Å². The van der Waals surface area contributed by atoms with Crippen LogP contribution in [0.3, 0.4) is 0 Å². The number of benzene rings is 1. The first-order valence-electron chi connectivity index (χ1n) is 8.03. The number of likely N-dealkylation sites (N-methyl/N-ethyl adjacent to an activating group) is 1. The highest BCUT2D eigenvalue weighted by atomic mass is 32.2. The second kappa shape index (κ2) is 8.68. The first-order valence-corrected chi connectivity index (χ1v) is 11.1. The summed E-state index contributed by atoms with van der Waals surface area (Å²) < 4.78 is 22.8. The van der Waals surface area contributed by atoms with E-state index >= 15 is 0 Å². The van der Waals surface area contributed by atoms with Crippen molar-refractivity contribution in [3.63, 3.8) is 0 Å². The highest BCUT2D eigenvalue weighted by Gasteiger charge is 2.29. The molecule has 0 radical (unpaired) electrons. The number of para-hydroxylation sites is 1. The van der Waals surface area contributed by atoms with E-state index in [4.69, 9.17) is 0 Å². The van der Waals surface area contributed by atoms with E-state index in [1.54, 1.807) is 18.8 Å². The van der Waals surface area contributed by atoms with Crippen molar-refractivity contribution in [2.75, 3.05) is 43.2 Å². The Bertz CT molecular complexity index is 737. The molecule has 0 aliphatic carbocycles. The molecule has 2 rings (SSSR count). The van der Waals surface area contributed by atoms with Crippen LogP contribution in [0.25, 0.3) is 0 Å². The van der Waals surface area contributed by atoms with Crippen LogP contribution in [-0.2, 0) is 19.4 Å². The quantitative estimate of drug-likeness (QED) is 0.531. The normalized spacial score (nSPS) is 20.0. The van der Waals surface area contributed by atoms with E-state index < -0.39 is 9.84 Å². The molecule has 0 bridgehead atoms. The minimum absolute atomic E-state index is 0.00371. The van der Waals surface area contributed by atoms with Crippen molar-refractivity contribution >= 4 is 39.1 Å². The van der Waals surface area contributed by atoms with Crippen molar-refractivity contribution in [1.29, 1.82) is 0 Å². The molecular weight excluding hydrogens is 362 g/mol. The fraction of sp³-hybridized carbons (Fsp3) is 0.500. The zero-order valence-electron chi connectivity index (χ0n) is 14.4. The molecule has 2 atom stereocenters. The summed E-state index contributed by atoms with van der Waals surface area (Å²) in [6.45, 7) is 0.271. The van der Waals surface area contributed by atoms with E-state index in [1.807, 2.05) is 30.5 Å². The summed E-state index contributed by atoms with van der Waals surface area (Å²) in [5.74, 6) is -0.283. The molecule has 3 N–H and O–H groups in total. The van der Waals surface area contributed by atoms with Crippen LogP contribution in [-0.4, -0.2) is 64.2 Å². The van der Waals surface area contributed by atoms with E-state index in [0.29, 0.717) is 6.42 Å². The number of hydrogen-bond donors (Lipinski definition) is 3. The fourth-order valence-electron chi connectivity index (χ4n) is 2.74. The van der Waals surface area contributed by atoms with Crippen LogP contribution in [0.5, 0.6) is 0 Å². The average molecular weight is 387 g/mol. The number of carbonyl (C=O) groups excluding carboxylic acids is 2. The molecule has 1 unspecified atom stereocenters. The van der Waals surface area contributed by atoms with Crippen LogP contribution < -0.4 is 15.5 Å². The molecule has 0 saturated carbocycles. The molecule has 2 amide bonds. The van der Waals surface area contributed by atoms with Gasteiger partial charge in [-0.15, -0.1) is 11.8 Å². The number of carbonyl (C=O) groups is 2. The third-order valence-corrected chi connectivity index (χ3v) is 6.47. The molecule has 1 heterocycles. The lowest BCUT2D eigenvalue weighted by molar-refractivity contribution is -0.862. The largest absolute Gasteiger partial charge is 0.347 e. The van der Waals surface area contributed by atoms with Gasteiger partial charge in [0.15, 0.2) is 22.9 Å². The molecule has 1 aliphatic rings. The van der Waals surface area contributed by atoms with E-state index in [9.17, 15) is 18.0 Å². The predicted molar refractivity (Wildman–Crippen MR) is 98.7 cm³/mol. The van der Waals surface area contributed by atoms with Gasteiger partial charge in [0.1, 0.15) is 0 Å². The summed E-state index contributed by atoms with van der Waals surface area (Å²) >= 11 is 1.55. The second-order valence-corrected chi connectivity index (χ2v) is 9.30. The SMILES string of the molecule is CSc1ccccc1NC(=O)C[NH+](C)CC(=O)N[C@@H]1CCS(=O)(=O)C1. The topological polar surface area (TPSA) is 96.8 Å². The van der Waals surface area contributed by atoms with Crippen LogP contribution in [0.4, 0.5) is 5.69 Å². The molecule has 138 valence electrons. The molecule has 7 nitrogen and oxygen atoms in total. The molecular formula is C16H24N3O4S2+. The van der Waals surface area contributed by atoms with Gasteiger partial charge in [0.25, 0.3) is 11.8 Å². The third-order valence-electron chi connectivity index (χ3n) is 3.90. The number of nitrogens with one attached hydrogen (secondary N) is 3. The zero-order chi connectivity index (χ0) is 18.4. The molecule has 1 aliphatic heterocycles. The van der Waals surface area contributed by atoms with E-state index in [2.05, 4.69) is 10.6 Å². The van der Waals surface area contributed by atoms with Crippen molar-refractivity contribution in [2.24, 2.45) is 0 Å². The number of anilines is 1. The number of amides is 2. The molecule has 0 aromatic heterocycles. The van der Waals surface area contributed by atoms with Crippen molar-refractivity contribution < 1.29 is 22.9 Å². The van der Waals surface area contributed by atoms with Gasteiger partial charge in [0, 0.05) is 10.9 Å². The number of rotatable bonds is 7. The van der Waals surface area contributed by atoms with Gasteiger partial charge in [-0.05, 0) is 24.8 Å². The summed E-state index contributed by atoms with van der Waals surface area (Å²) in [4.78, 5) is 25.9. The van der Waals surface area contributed by atoms with E-state index in [-0.39, 0.29) is 42.5 Å². The van der Waals surface area contributed by atoms with Gasteiger partial charge >= 0.3 is 0 Å². The summed E-state index contributed by atoms with van der Waals surface area (Å²) in [5, 5.41) is 5.59. The molecule has 25 heavy (non-hydrogen) atoms. The number of thioether (sulfide) groups is 1. The van der Waals surface area contributed by atoms with Crippen LogP contribution in [0, 0.1) is 0 Å². The Morgan fingerprint density at radius 1 is 1.24 bits per heavy atom. The third kappa shape index (κ3) is 6.33. The fourth-order valence-corrected chi connectivity index (χ4v) is 4.97.